The highest BCUT2D eigenvalue weighted by atomic mass is 32.1. The van der Waals surface area contributed by atoms with Gasteiger partial charge in [0.25, 0.3) is 0 Å². The van der Waals surface area contributed by atoms with Gasteiger partial charge in [0, 0.05) is 17.5 Å². The number of thiazole rings is 1. The van der Waals surface area contributed by atoms with Gasteiger partial charge in [0.2, 0.25) is 0 Å². The summed E-state index contributed by atoms with van der Waals surface area (Å²) in [7, 11) is 0. The molecule has 0 bridgehead atoms. The summed E-state index contributed by atoms with van der Waals surface area (Å²) in [6, 6.07) is 5.49. The van der Waals surface area contributed by atoms with Crippen LogP contribution in [0.4, 0.5) is 0 Å². The van der Waals surface area contributed by atoms with E-state index in [0.717, 1.165) is 16.3 Å². The van der Waals surface area contributed by atoms with Gasteiger partial charge in [-0.3, -0.25) is 4.98 Å². The molecule has 0 aliphatic carbocycles. The van der Waals surface area contributed by atoms with Gasteiger partial charge in [0.1, 0.15) is 5.01 Å². The molecule has 0 amide bonds. The van der Waals surface area contributed by atoms with E-state index < -0.39 is 5.76 Å². The van der Waals surface area contributed by atoms with Crippen LogP contribution in [0.1, 0.15) is 5.01 Å². The van der Waals surface area contributed by atoms with Crippen molar-refractivity contribution >= 4 is 22.4 Å². The van der Waals surface area contributed by atoms with Crippen LogP contribution < -0.4 is 11.5 Å². The second-order valence-electron chi connectivity index (χ2n) is 3.56. The number of rotatable bonds is 2. The van der Waals surface area contributed by atoms with Gasteiger partial charge in [-0.2, -0.15) is 0 Å². The average Bonchev–Trinajstić information content (AvgIpc) is 2.92. The first kappa shape index (κ1) is 10.2. The summed E-state index contributed by atoms with van der Waals surface area (Å²) in [5, 5.41) is 2.82. The predicted molar refractivity (Wildman–Crippen MR) is 65.8 cm³/mol. The highest BCUT2D eigenvalue weighted by molar-refractivity contribution is 7.09. The minimum Gasteiger partial charge on any atom is -0.408 e. The van der Waals surface area contributed by atoms with Gasteiger partial charge in [0.15, 0.2) is 5.58 Å². The van der Waals surface area contributed by atoms with E-state index in [4.69, 9.17) is 10.2 Å². The number of aromatic amines is 1. The van der Waals surface area contributed by atoms with Crippen LogP contribution in [0, 0.1) is 0 Å². The maximum absolute atomic E-state index is 11.0. The Labute approximate surface area is 99.9 Å². The molecule has 0 atom stereocenters. The molecule has 86 valence electrons. The number of H-pyrrole nitrogens is 1. The molecule has 6 heteroatoms. The maximum atomic E-state index is 11.0. The van der Waals surface area contributed by atoms with Crippen molar-refractivity contribution in [1.82, 2.24) is 9.97 Å². The van der Waals surface area contributed by atoms with Crippen molar-refractivity contribution < 1.29 is 4.42 Å². The molecule has 1 aromatic carbocycles. The Balaban J connectivity index is 2.13. The fourth-order valence-corrected chi connectivity index (χ4v) is 2.33. The fourth-order valence-electron chi connectivity index (χ4n) is 1.64. The zero-order valence-corrected chi connectivity index (χ0v) is 9.58. The highest BCUT2D eigenvalue weighted by Gasteiger charge is 2.07. The number of benzene rings is 1. The molecule has 3 N–H and O–H groups in total. The summed E-state index contributed by atoms with van der Waals surface area (Å²) >= 11 is 1.52. The Hall–Kier alpha value is -1.92. The minimum atomic E-state index is -0.446. The van der Waals surface area contributed by atoms with Crippen LogP contribution in [0.3, 0.4) is 0 Å². The van der Waals surface area contributed by atoms with Gasteiger partial charge < -0.3 is 10.2 Å². The van der Waals surface area contributed by atoms with Crippen LogP contribution >= 0.6 is 11.3 Å². The monoisotopic (exact) mass is 247 g/mol. The normalized spacial score (nSPS) is 11.1. The standard InChI is InChI=1S/C11H9N3O2S/c12-4-10-13-8(5-17-10)6-1-2-7-9(3-6)16-11(15)14-7/h1-3,5H,4,12H2,(H,14,15). The smallest absolute Gasteiger partial charge is 0.408 e. The minimum absolute atomic E-state index is 0.437. The molecule has 3 aromatic rings. The predicted octanol–water partition coefficient (Wildman–Crippen LogP) is 1.70. The summed E-state index contributed by atoms with van der Waals surface area (Å²) in [5.41, 5.74) is 8.50. The Morgan fingerprint density at radius 1 is 1.47 bits per heavy atom. The Bertz CT molecular complexity index is 725. The molecule has 0 aliphatic rings. The number of nitrogens with two attached hydrogens (primary N) is 1. The lowest BCUT2D eigenvalue weighted by atomic mass is 10.1. The van der Waals surface area contributed by atoms with E-state index in [0.29, 0.717) is 17.6 Å². The van der Waals surface area contributed by atoms with E-state index >= 15 is 0 Å². The SMILES string of the molecule is NCc1nc(-c2ccc3[nH]c(=O)oc3c2)cs1. The average molecular weight is 247 g/mol. The van der Waals surface area contributed by atoms with Gasteiger partial charge in [-0.05, 0) is 12.1 Å². The topological polar surface area (TPSA) is 84.9 Å². The molecular weight excluding hydrogens is 238 g/mol. The molecule has 3 rings (SSSR count). The van der Waals surface area contributed by atoms with Crippen molar-refractivity contribution in [1.29, 1.82) is 0 Å². The largest absolute Gasteiger partial charge is 0.417 e. The van der Waals surface area contributed by atoms with E-state index in [-0.39, 0.29) is 0 Å². The Morgan fingerprint density at radius 3 is 3.12 bits per heavy atom. The first-order valence-corrected chi connectivity index (χ1v) is 5.92. The molecule has 0 fully saturated rings. The summed E-state index contributed by atoms with van der Waals surface area (Å²) in [6.45, 7) is 0.437. The molecule has 5 nitrogen and oxygen atoms in total. The third kappa shape index (κ3) is 1.77. The summed E-state index contributed by atoms with van der Waals surface area (Å²) in [5.74, 6) is -0.446. The Kier molecular flexibility index (Phi) is 2.31. The van der Waals surface area contributed by atoms with Crippen molar-refractivity contribution in [2.24, 2.45) is 5.73 Å². The first-order valence-electron chi connectivity index (χ1n) is 5.04. The summed E-state index contributed by atoms with van der Waals surface area (Å²) in [4.78, 5) is 18.0. The van der Waals surface area contributed by atoms with Gasteiger partial charge in [-0.15, -0.1) is 11.3 Å². The number of nitrogens with zero attached hydrogens (tertiary/aromatic N) is 1. The maximum Gasteiger partial charge on any atom is 0.417 e. The zero-order chi connectivity index (χ0) is 11.8. The molecule has 0 radical (unpaired) electrons. The van der Waals surface area contributed by atoms with E-state index in [1.54, 1.807) is 12.1 Å². The molecule has 2 aromatic heterocycles. The van der Waals surface area contributed by atoms with Gasteiger partial charge in [0.05, 0.1) is 11.2 Å². The molecule has 0 aliphatic heterocycles. The van der Waals surface area contributed by atoms with Gasteiger partial charge >= 0.3 is 5.76 Å². The molecule has 0 spiro atoms. The first-order chi connectivity index (χ1) is 8.26. The summed E-state index contributed by atoms with van der Waals surface area (Å²) < 4.78 is 5.00. The van der Waals surface area contributed by atoms with Crippen LogP contribution in [-0.4, -0.2) is 9.97 Å². The quantitative estimate of drug-likeness (QED) is 0.721. The zero-order valence-electron chi connectivity index (χ0n) is 8.77. The number of fused-ring (bicyclic) bond motifs is 1. The van der Waals surface area contributed by atoms with E-state index in [2.05, 4.69) is 9.97 Å². The lowest BCUT2D eigenvalue weighted by Gasteiger charge is -1.95. The van der Waals surface area contributed by atoms with Crippen LogP contribution in [0.2, 0.25) is 0 Å². The third-order valence-electron chi connectivity index (χ3n) is 2.44. The molecule has 2 heterocycles. The van der Waals surface area contributed by atoms with Crippen LogP contribution in [0.15, 0.2) is 32.8 Å². The number of oxazole rings is 1. The van der Waals surface area contributed by atoms with E-state index in [1.165, 1.54) is 11.3 Å². The van der Waals surface area contributed by atoms with Crippen LogP contribution in [0.5, 0.6) is 0 Å². The second-order valence-corrected chi connectivity index (χ2v) is 4.50. The molecule has 0 saturated carbocycles. The van der Waals surface area contributed by atoms with Gasteiger partial charge in [-0.1, -0.05) is 6.07 Å². The van der Waals surface area contributed by atoms with E-state index in [9.17, 15) is 4.79 Å². The third-order valence-corrected chi connectivity index (χ3v) is 3.31. The summed E-state index contributed by atoms with van der Waals surface area (Å²) in [6.07, 6.45) is 0. The molecule has 0 saturated heterocycles. The lowest BCUT2D eigenvalue weighted by Crippen LogP contribution is -1.94. The van der Waals surface area contributed by atoms with Crippen LogP contribution in [0.25, 0.3) is 22.4 Å². The van der Waals surface area contributed by atoms with Gasteiger partial charge in [-0.25, -0.2) is 9.78 Å². The molecule has 0 unspecified atom stereocenters. The number of nitrogens with one attached hydrogen (secondary N) is 1. The van der Waals surface area contributed by atoms with Crippen molar-refractivity contribution in [2.45, 2.75) is 6.54 Å². The van der Waals surface area contributed by atoms with Crippen molar-refractivity contribution in [3.8, 4) is 11.3 Å². The number of hydrogen-bond donors (Lipinski definition) is 2. The highest BCUT2D eigenvalue weighted by Crippen LogP contribution is 2.24. The van der Waals surface area contributed by atoms with E-state index in [1.807, 2.05) is 11.4 Å². The molecular formula is C11H9N3O2S. The van der Waals surface area contributed by atoms with Crippen molar-refractivity contribution in [3.63, 3.8) is 0 Å². The molecule has 17 heavy (non-hydrogen) atoms. The number of hydrogen-bond acceptors (Lipinski definition) is 5. The second kappa shape index (κ2) is 3.83. The number of aromatic nitrogens is 2. The van der Waals surface area contributed by atoms with Crippen LogP contribution in [-0.2, 0) is 6.54 Å². The lowest BCUT2D eigenvalue weighted by molar-refractivity contribution is 0.555. The van der Waals surface area contributed by atoms with Crippen molar-refractivity contribution in [3.05, 3.63) is 39.1 Å². The fraction of sp³-hybridized carbons (Fsp3) is 0.0909. The Morgan fingerprint density at radius 2 is 2.35 bits per heavy atom. The van der Waals surface area contributed by atoms with Crippen molar-refractivity contribution in [2.75, 3.05) is 0 Å².